The molecule has 1 amide bonds. The molecule has 0 fully saturated rings. The van der Waals surface area contributed by atoms with Crippen molar-refractivity contribution in [2.75, 3.05) is 5.32 Å². The van der Waals surface area contributed by atoms with E-state index >= 15 is 0 Å². The molecule has 3 nitrogen and oxygen atoms in total. The number of hydrogen-bond donors (Lipinski definition) is 1. The molecule has 0 heterocycles. The molecule has 0 aliphatic heterocycles. The van der Waals surface area contributed by atoms with Crippen LogP contribution in [0.4, 0.5) is 18.9 Å². The van der Waals surface area contributed by atoms with E-state index in [4.69, 9.17) is 0 Å². The minimum Gasteiger partial charge on any atom is -0.406 e. The zero-order valence-corrected chi connectivity index (χ0v) is 12.6. The number of benzene rings is 2. The first-order chi connectivity index (χ1) is 9.83. The predicted octanol–water partition coefficient (Wildman–Crippen LogP) is 4.44. The zero-order valence-electron chi connectivity index (χ0n) is 10.4. The Morgan fingerprint density at radius 3 is 2.10 bits per heavy atom. The third-order valence-electron chi connectivity index (χ3n) is 2.45. The fourth-order valence-electron chi connectivity index (χ4n) is 1.54. The minimum absolute atomic E-state index is 0.337. The molecule has 2 rings (SSSR count). The molecule has 0 bridgehead atoms. The smallest absolute Gasteiger partial charge is 0.406 e. The Kier molecular flexibility index (Phi) is 4.71. The molecule has 21 heavy (non-hydrogen) atoms. The Labute approximate surface area is 132 Å². The topological polar surface area (TPSA) is 38.3 Å². The molecule has 110 valence electrons. The van der Waals surface area contributed by atoms with Gasteiger partial charge in [0.1, 0.15) is 5.75 Å². The summed E-state index contributed by atoms with van der Waals surface area (Å²) in [5, 5.41) is 2.59. The predicted molar refractivity (Wildman–Crippen MR) is 80.2 cm³/mol. The van der Waals surface area contributed by atoms with Gasteiger partial charge in [0.25, 0.3) is 5.91 Å². The molecule has 0 aromatic heterocycles. The van der Waals surface area contributed by atoms with Crippen LogP contribution in [0.2, 0.25) is 0 Å². The van der Waals surface area contributed by atoms with Crippen molar-refractivity contribution >= 4 is 34.2 Å². The molecule has 0 atom stereocenters. The second kappa shape index (κ2) is 6.33. The molecule has 7 heteroatoms. The van der Waals surface area contributed by atoms with Crippen molar-refractivity contribution < 1.29 is 22.7 Å². The number of nitrogens with one attached hydrogen (secondary N) is 1. The highest BCUT2D eigenvalue weighted by atomic mass is 127. The summed E-state index contributed by atoms with van der Waals surface area (Å²) in [6, 6.07) is 11.9. The first kappa shape index (κ1) is 15.6. The van der Waals surface area contributed by atoms with Crippen LogP contribution < -0.4 is 10.1 Å². The van der Waals surface area contributed by atoms with Gasteiger partial charge < -0.3 is 10.1 Å². The first-order valence-electron chi connectivity index (χ1n) is 5.76. The molecule has 0 saturated heterocycles. The lowest BCUT2D eigenvalue weighted by Crippen LogP contribution is -2.17. The summed E-state index contributed by atoms with van der Waals surface area (Å²) >= 11 is 2.12. The van der Waals surface area contributed by atoms with Crippen LogP contribution in [0.5, 0.6) is 5.75 Å². The molecule has 0 unspecified atom stereocenters. The molecule has 2 aromatic carbocycles. The van der Waals surface area contributed by atoms with Gasteiger partial charge in [-0.1, -0.05) is 0 Å². The van der Waals surface area contributed by atoms with E-state index < -0.39 is 6.36 Å². The van der Waals surface area contributed by atoms with Crippen LogP contribution in [0.25, 0.3) is 0 Å². The summed E-state index contributed by atoms with van der Waals surface area (Å²) in [6.07, 6.45) is -4.73. The van der Waals surface area contributed by atoms with Crippen LogP contribution in [0.3, 0.4) is 0 Å². The van der Waals surface area contributed by atoms with Gasteiger partial charge in [-0.2, -0.15) is 0 Å². The van der Waals surface area contributed by atoms with Crippen molar-refractivity contribution in [2.24, 2.45) is 0 Å². The summed E-state index contributed by atoms with van der Waals surface area (Å²) in [6.45, 7) is 0. The number of carbonyl (C=O) groups excluding carboxylic acids is 1. The van der Waals surface area contributed by atoms with Gasteiger partial charge in [0, 0.05) is 14.8 Å². The average Bonchev–Trinajstić information content (AvgIpc) is 2.40. The van der Waals surface area contributed by atoms with E-state index in [1.165, 1.54) is 12.1 Å². The summed E-state index contributed by atoms with van der Waals surface area (Å²) in [4.78, 5) is 11.9. The van der Waals surface area contributed by atoms with Gasteiger partial charge in [-0.25, -0.2) is 0 Å². The van der Waals surface area contributed by atoms with E-state index in [9.17, 15) is 18.0 Å². The Morgan fingerprint density at radius 2 is 1.57 bits per heavy atom. The number of anilines is 1. The number of alkyl halides is 3. The second-order valence-electron chi connectivity index (χ2n) is 4.03. The number of ether oxygens (including phenoxy) is 1. The standard InChI is InChI=1S/C14H9F3INO2/c15-14(16,17)21-12-7-5-11(6-8-12)19-13(20)9-1-3-10(18)4-2-9/h1-8H,(H,19,20). The zero-order chi connectivity index (χ0) is 15.5. The Morgan fingerprint density at radius 1 is 1.00 bits per heavy atom. The first-order valence-corrected chi connectivity index (χ1v) is 6.84. The van der Waals surface area contributed by atoms with Crippen LogP contribution in [-0.2, 0) is 0 Å². The second-order valence-corrected chi connectivity index (χ2v) is 5.28. The Hall–Kier alpha value is -1.77. The Bertz CT molecular complexity index is 624. The fraction of sp³-hybridized carbons (Fsp3) is 0.0714. The van der Waals surface area contributed by atoms with Gasteiger partial charge in [0.2, 0.25) is 0 Å². The van der Waals surface area contributed by atoms with Crippen molar-refractivity contribution in [3.05, 3.63) is 57.7 Å². The Balaban J connectivity index is 2.03. The highest BCUT2D eigenvalue weighted by molar-refractivity contribution is 14.1. The van der Waals surface area contributed by atoms with E-state index in [1.807, 2.05) is 0 Å². The molecule has 0 aliphatic rings. The van der Waals surface area contributed by atoms with Crippen LogP contribution in [0, 0.1) is 3.57 Å². The van der Waals surface area contributed by atoms with Gasteiger partial charge in [0.15, 0.2) is 0 Å². The quantitative estimate of drug-likeness (QED) is 0.765. The van der Waals surface area contributed by atoms with E-state index in [0.717, 1.165) is 15.7 Å². The SMILES string of the molecule is O=C(Nc1ccc(OC(F)(F)F)cc1)c1ccc(I)cc1. The summed E-state index contributed by atoms with van der Waals surface area (Å²) in [5.41, 5.74) is 0.846. The molecule has 0 aliphatic carbocycles. The number of halogens is 4. The third kappa shape index (κ3) is 4.92. The molecule has 0 radical (unpaired) electrons. The lowest BCUT2D eigenvalue weighted by molar-refractivity contribution is -0.274. The molecular weight excluding hydrogens is 398 g/mol. The highest BCUT2D eigenvalue weighted by Crippen LogP contribution is 2.24. The van der Waals surface area contributed by atoms with Gasteiger partial charge in [-0.15, -0.1) is 13.2 Å². The van der Waals surface area contributed by atoms with Gasteiger partial charge in [-0.3, -0.25) is 4.79 Å². The number of rotatable bonds is 3. The molecule has 2 aromatic rings. The van der Waals surface area contributed by atoms with Crippen LogP contribution in [-0.4, -0.2) is 12.3 Å². The number of carbonyl (C=O) groups is 1. The minimum atomic E-state index is -4.73. The van der Waals surface area contributed by atoms with Crippen molar-refractivity contribution in [1.82, 2.24) is 0 Å². The van der Waals surface area contributed by atoms with E-state index in [1.54, 1.807) is 24.3 Å². The summed E-state index contributed by atoms with van der Waals surface area (Å²) < 4.78 is 40.8. The van der Waals surface area contributed by atoms with Gasteiger partial charge in [0.05, 0.1) is 0 Å². The van der Waals surface area contributed by atoms with Crippen molar-refractivity contribution in [3.63, 3.8) is 0 Å². The lowest BCUT2D eigenvalue weighted by atomic mass is 10.2. The third-order valence-corrected chi connectivity index (χ3v) is 3.17. The maximum absolute atomic E-state index is 12.0. The van der Waals surface area contributed by atoms with Gasteiger partial charge in [-0.05, 0) is 71.1 Å². The average molecular weight is 407 g/mol. The molecule has 0 spiro atoms. The van der Waals surface area contributed by atoms with Gasteiger partial charge >= 0.3 is 6.36 Å². The van der Waals surface area contributed by atoms with Crippen LogP contribution in [0.1, 0.15) is 10.4 Å². The number of hydrogen-bond acceptors (Lipinski definition) is 2. The van der Waals surface area contributed by atoms with E-state index in [2.05, 4.69) is 32.6 Å². The molecular formula is C14H9F3INO2. The summed E-state index contributed by atoms with van der Waals surface area (Å²) in [5.74, 6) is -0.675. The highest BCUT2D eigenvalue weighted by Gasteiger charge is 2.30. The van der Waals surface area contributed by atoms with Crippen LogP contribution in [0.15, 0.2) is 48.5 Å². The number of amides is 1. The van der Waals surface area contributed by atoms with Crippen molar-refractivity contribution in [3.8, 4) is 5.75 Å². The van der Waals surface area contributed by atoms with Crippen molar-refractivity contribution in [2.45, 2.75) is 6.36 Å². The summed E-state index contributed by atoms with van der Waals surface area (Å²) in [7, 11) is 0. The maximum atomic E-state index is 12.0. The molecule has 0 saturated carbocycles. The normalized spacial score (nSPS) is 11.0. The largest absolute Gasteiger partial charge is 0.573 e. The maximum Gasteiger partial charge on any atom is 0.573 e. The van der Waals surface area contributed by atoms with E-state index in [0.29, 0.717) is 11.3 Å². The van der Waals surface area contributed by atoms with Crippen LogP contribution >= 0.6 is 22.6 Å². The monoisotopic (exact) mass is 407 g/mol. The lowest BCUT2D eigenvalue weighted by Gasteiger charge is -2.10. The van der Waals surface area contributed by atoms with E-state index in [-0.39, 0.29) is 11.7 Å². The van der Waals surface area contributed by atoms with Crippen molar-refractivity contribution in [1.29, 1.82) is 0 Å². The fourth-order valence-corrected chi connectivity index (χ4v) is 1.90. The molecule has 1 N–H and O–H groups in total.